The van der Waals surface area contributed by atoms with Crippen LogP contribution in [0.5, 0.6) is 0 Å². The lowest BCUT2D eigenvalue weighted by Crippen LogP contribution is -2.31. The monoisotopic (exact) mass is 381 g/mol. The zero-order chi connectivity index (χ0) is 21.1. The second-order valence-corrected chi connectivity index (χ2v) is 7.89. The van der Waals surface area contributed by atoms with E-state index in [1.54, 1.807) is 19.2 Å². The van der Waals surface area contributed by atoms with E-state index in [0.717, 1.165) is 5.56 Å². The van der Waals surface area contributed by atoms with Crippen molar-refractivity contribution in [1.82, 2.24) is 15.3 Å². The maximum absolute atomic E-state index is 11.9. The molecule has 0 spiro atoms. The first kappa shape index (κ1) is 21.0. The summed E-state index contributed by atoms with van der Waals surface area (Å²) in [7, 11) is 3.45. The van der Waals surface area contributed by atoms with Crippen molar-refractivity contribution in [2.45, 2.75) is 27.7 Å². The average Bonchev–Trinajstić information content (AvgIpc) is 2.61. The van der Waals surface area contributed by atoms with Crippen LogP contribution in [-0.2, 0) is 0 Å². The minimum Gasteiger partial charge on any atom is -0.382 e. The molecule has 0 radical (unpaired) electrons. The molecule has 1 aromatic heterocycles. The van der Waals surface area contributed by atoms with Crippen molar-refractivity contribution >= 4 is 29.2 Å². The molecule has 0 aliphatic carbocycles. The van der Waals surface area contributed by atoms with Gasteiger partial charge in [0.15, 0.2) is 5.82 Å². The first-order valence-electron chi connectivity index (χ1n) is 8.94. The predicted molar refractivity (Wildman–Crippen MR) is 112 cm³/mol. The average molecular weight is 381 g/mol. The lowest BCUT2D eigenvalue weighted by atomic mass is 9.96. The van der Waals surface area contributed by atoms with Gasteiger partial charge in [-0.25, -0.2) is 0 Å². The van der Waals surface area contributed by atoms with Gasteiger partial charge in [-0.1, -0.05) is 26.8 Å². The van der Waals surface area contributed by atoms with Crippen LogP contribution in [0.15, 0.2) is 18.2 Å². The number of aromatic nitrogens is 2. The number of hydrogen-bond donors (Lipinski definition) is 3. The van der Waals surface area contributed by atoms with Crippen LogP contribution in [0, 0.1) is 23.7 Å². The van der Waals surface area contributed by atoms with Gasteiger partial charge in [-0.3, -0.25) is 4.79 Å². The molecule has 1 amide bonds. The molecule has 148 valence electrons. The Morgan fingerprint density at radius 2 is 2.00 bits per heavy atom. The van der Waals surface area contributed by atoms with Gasteiger partial charge in [0.05, 0.1) is 0 Å². The number of nitriles is 1. The highest BCUT2D eigenvalue weighted by atomic mass is 16.1. The van der Waals surface area contributed by atoms with Gasteiger partial charge in [0, 0.05) is 31.9 Å². The molecule has 0 atom stereocenters. The Morgan fingerprint density at radius 3 is 2.57 bits per heavy atom. The predicted octanol–water partition coefficient (Wildman–Crippen LogP) is 2.82. The fourth-order valence-electron chi connectivity index (χ4n) is 2.85. The van der Waals surface area contributed by atoms with Crippen molar-refractivity contribution in [2.24, 2.45) is 5.41 Å². The molecule has 0 fully saturated rings. The van der Waals surface area contributed by atoms with E-state index < -0.39 is 0 Å². The Morgan fingerprint density at radius 1 is 1.32 bits per heavy atom. The third-order valence-electron chi connectivity index (χ3n) is 4.08. The number of rotatable bonds is 5. The van der Waals surface area contributed by atoms with Crippen LogP contribution in [-0.4, -0.2) is 36.5 Å². The highest BCUT2D eigenvalue weighted by Crippen LogP contribution is 2.28. The molecule has 1 heterocycles. The molecule has 0 aliphatic heterocycles. The van der Waals surface area contributed by atoms with E-state index in [9.17, 15) is 10.1 Å². The third kappa shape index (κ3) is 4.88. The summed E-state index contributed by atoms with van der Waals surface area (Å²) in [4.78, 5) is 22.5. The zero-order valence-electron chi connectivity index (χ0n) is 17.2. The summed E-state index contributed by atoms with van der Waals surface area (Å²) in [5.74, 6) is 0.654. The number of nitrogens with zero attached hydrogens (tertiary/aromatic N) is 4. The first-order chi connectivity index (χ1) is 13.1. The lowest BCUT2D eigenvalue weighted by molar-refractivity contribution is 0.0963. The molecule has 4 N–H and O–H groups in total. The number of benzene rings is 1. The van der Waals surface area contributed by atoms with Crippen molar-refractivity contribution < 1.29 is 4.79 Å². The molecule has 1 aromatic carbocycles. The van der Waals surface area contributed by atoms with Crippen LogP contribution in [0.2, 0.25) is 0 Å². The molecule has 0 unspecified atom stereocenters. The number of nitrogen functional groups attached to an aromatic ring is 1. The second-order valence-electron chi connectivity index (χ2n) is 7.89. The molecule has 0 aliphatic rings. The molecule has 8 heteroatoms. The summed E-state index contributed by atoms with van der Waals surface area (Å²) in [6.45, 7) is 8.91. The summed E-state index contributed by atoms with van der Waals surface area (Å²) >= 11 is 0. The molecule has 2 aromatic rings. The van der Waals surface area contributed by atoms with Gasteiger partial charge in [-0.15, -0.1) is 0 Å². The maximum atomic E-state index is 11.9. The first-order valence-corrected chi connectivity index (χ1v) is 8.94. The lowest BCUT2D eigenvalue weighted by Gasteiger charge is -2.28. The van der Waals surface area contributed by atoms with Crippen molar-refractivity contribution in [3.05, 3.63) is 34.9 Å². The number of amides is 1. The normalized spacial score (nSPS) is 10.9. The smallest absolute Gasteiger partial charge is 0.251 e. The van der Waals surface area contributed by atoms with Crippen LogP contribution in [0.4, 0.5) is 23.3 Å². The fraction of sp³-hybridized carbons (Fsp3) is 0.400. The van der Waals surface area contributed by atoms with Crippen molar-refractivity contribution in [3.8, 4) is 6.07 Å². The number of carbonyl (C=O) groups is 1. The number of nitrogens with one attached hydrogen (secondary N) is 2. The van der Waals surface area contributed by atoms with Crippen LogP contribution < -0.4 is 21.3 Å². The largest absolute Gasteiger partial charge is 0.382 e. The van der Waals surface area contributed by atoms with Gasteiger partial charge in [-0.05, 0) is 30.0 Å². The van der Waals surface area contributed by atoms with Gasteiger partial charge in [0.1, 0.15) is 17.5 Å². The third-order valence-corrected chi connectivity index (χ3v) is 4.08. The van der Waals surface area contributed by atoms with E-state index in [1.165, 1.54) is 0 Å². The number of hydrogen-bond acceptors (Lipinski definition) is 7. The van der Waals surface area contributed by atoms with Crippen molar-refractivity contribution in [3.63, 3.8) is 0 Å². The van der Waals surface area contributed by atoms with Crippen molar-refractivity contribution in [1.29, 1.82) is 5.26 Å². The Hall–Kier alpha value is -3.34. The maximum Gasteiger partial charge on any atom is 0.251 e. The number of aryl methyl sites for hydroxylation is 1. The number of carbonyl (C=O) groups excluding carboxylic acids is 1. The van der Waals surface area contributed by atoms with Crippen molar-refractivity contribution in [2.75, 3.05) is 36.6 Å². The van der Waals surface area contributed by atoms with E-state index in [1.807, 2.05) is 24.9 Å². The zero-order valence-corrected chi connectivity index (χ0v) is 17.2. The summed E-state index contributed by atoms with van der Waals surface area (Å²) in [6, 6.07) is 7.40. The molecular formula is C20H27N7O. The van der Waals surface area contributed by atoms with E-state index >= 15 is 0 Å². The van der Waals surface area contributed by atoms with E-state index in [2.05, 4.69) is 47.4 Å². The van der Waals surface area contributed by atoms with Gasteiger partial charge < -0.3 is 21.3 Å². The molecule has 0 bridgehead atoms. The minimum atomic E-state index is -0.186. The van der Waals surface area contributed by atoms with Crippen LogP contribution in [0.1, 0.15) is 42.3 Å². The quantitative estimate of drug-likeness (QED) is 0.728. The topological polar surface area (TPSA) is 120 Å². The Bertz CT molecular complexity index is 925. The summed E-state index contributed by atoms with van der Waals surface area (Å²) in [5.41, 5.74) is 8.40. The minimum absolute atomic E-state index is 0.00716. The number of anilines is 4. The Kier molecular flexibility index (Phi) is 6.09. The molecule has 2 rings (SSSR count). The van der Waals surface area contributed by atoms with Gasteiger partial charge in [0.25, 0.3) is 5.91 Å². The molecule has 0 saturated carbocycles. The van der Waals surface area contributed by atoms with Crippen LogP contribution >= 0.6 is 0 Å². The summed E-state index contributed by atoms with van der Waals surface area (Å²) in [6.07, 6.45) is 0. The second kappa shape index (κ2) is 8.13. The molecular weight excluding hydrogens is 354 g/mol. The van der Waals surface area contributed by atoms with Crippen LogP contribution in [0.3, 0.4) is 0 Å². The highest BCUT2D eigenvalue weighted by molar-refractivity contribution is 5.95. The summed E-state index contributed by atoms with van der Waals surface area (Å²) < 4.78 is 0. The molecule has 28 heavy (non-hydrogen) atoms. The van der Waals surface area contributed by atoms with Gasteiger partial charge >= 0.3 is 0 Å². The molecule has 8 nitrogen and oxygen atoms in total. The van der Waals surface area contributed by atoms with Crippen LogP contribution in [0.25, 0.3) is 0 Å². The van der Waals surface area contributed by atoms with E-state index in [4.69, 9.17) is 5.73 Å². The van der Waals surface area contributed by atoms with Gasteiger partial charge in [0.2, 0.25) is 5.95 Å². The standard InChI is InChI=1S/C20H27N7O/c1-12-7-8-13(18(28)23-5)9-15(12)24-19-25-16(22)14(10-21)17(26-19)27(6)11-20(2,3)4/h7-9H,11H2,1-6H3,(H,23,28)(H3,22,24,25,26). The van der Waals surface area contributed by atoms with E-state index in [-0.39, 0.29) is 28.7 Å². The Balaban J connectivity index is 2.45. The number of nitrogens with two attached hydrogens (primary N) is 1. The Labute approximate surface area is 165 Å². The molecule has 0 saturated heterocycles. The SMILES string of the molecule is CNC(=O)c1ccc(C)c(Nc2nc(N)c(C#N)c(N(C)CC(C)(C)C)n2)c1. The fourth-order valence-corrected chi connectivity index (χ4v) is 2.85. The van der Waals surface area contributed by atoms with E-state index in [0.29, 0.717) is 23.6 Å². The summed E-state index contributed by atoms with van der Waals surface area (Å²) in [5, 5.41) is 15.2. The van der Waals surface area contributed by atoms with Gasteiger partial charge in [-0.2, -0.15) is 15.2 Å². The highest BCUT2D eigenvalue weighted by Gasteiger charge is 2.21.